The average molecular weight is 236 g/mol. The largest absolute Gasteiger partial charge is 0.394 e. The highest BCUT2D eigenvalue weighted by atomic mass is 16.6. The van der Waals surface area contributed by atoms with Gasteiger partial charge in [0.2, 0.25) is 0 Å². The third kappa shape index (κ3) is 3.12. The fourth-order valence-electron chi connectivity index (χ4n) is 1.10. The molecule has 0 spiro atoms. The lowest BCUT2D eigenvalue weighted by atomic mass is 10.1. The first-order chi connectivity index (χ1) is 7.89. The molecule has 1 aromatic rings. The number of pyridine rings is 1. The van der Waals surface area contributed by atoms with E-state index in [2.05, 4.69) is 10.3 Å². The summed E-state index contributed by atoms with van der Waals surface area (Å²) in [6, 6.07) is 2.97. The summed E-state index contributed by atoms with van der Waals surface area (Å²) in [5.74, 6) is 0.220. The van der Waals surface area contributed by atoms with Crippen molar-refractivity contribution in [2.24, 2.45) is 0 Å². The van der Waals surface area contributed by atoms with Gasteiger partial charge in [-0.1, -0.05) is 0 Å². The van der Waals surface area contributed by atoms with Crippen LogP contribution in [0.15, 0.2) is 12.3 Å². The van der Waals surface area contributed by atoms with Crippen molar-refractivity contribution in [1.29, 1.82) is 5.26 Å². The summed E-state index contributed by atoms with van der Waals surface area (Å²) in [5.41, 5.74) is -0.830. The Morgan fingerprint density at radius 3 is 2.82 bits per heavy atom. The van der Waals surface area contributed by atoms with Crippen molar-refractivity contribution in [3.8, 4) is 6.07 Å². The SMILES string of the molecule is CC(C)(CO)Nc1ncc([N+](=O)[O-])cc1C#N. The molecule has 1 heterocycles. The summed E-state index contributed by atoms with van der Waals surface area (Å²) in [7, 11) is 0. The van der Waals surface area contributed by atoms with Crippen molar-refractivity contribution < 1.29 is 10.0 Å². The van der Waals surface area contributed by atoms with E-state index in [-0.39, 0.29) is 23.7 Å². The topological polar surface area (TPSA) is 112 Å². The van der Waals surface area contributed by atoms with Gasteiger partial charge in [0.15, 0.2) is 0 Å². The molecule has 90 valence electrons. The monoisotopic (exact) mass is 236 g/mol. The molecule has 17 heavy (non-hydrogen) atoms. The quantitative estimate of drug-likeness (QED) is 0.596. The van der Waals surface area contributed by atoms with Gasteiger partial charge in [-0.3, -0.25) is 10.1 Å². The predicted molar refractivity (Wildman–Crippen MR) is 60.4 cm³/mol. The van der Waals surface area contributed by atoms with Gasteiger partial charge in [-0.15, -0.1) is 0 Å². The van der Waals surface area contributed by atoms with Gasteiger partial charge in [-0.05, 0) is 13.8 Å². The molecule has 0 atom stereocenters. The number of nitrogens with zero attached hydrogens (tertiary/aromatic N) is 3. The summed E-state index contributed by atoms with van der Waals surface area (Å²) >= 11 is 0. The van der Waals surface area contributed by atoms with Crippen LogP contribution in [0.25, 0.3) is 0 Å². The molecule has 0 aliphatic carbocycles. The number of nitriles is 1. The Bertz CT molecular complexity index is 479. The zero-order chi connectivity index (χ0) is 13.1. The zero-order valence-electron chi connectivity index (χ0n) is 9.47. The van der Waals surface area contributed by atoms with Crippen LogP contribution in [0.1, 0.15) is 19.4 Å². The molecule has 1 aromatic heterocycles. The van der Waals surface area contributed by atoms with Crippen LogP contribution >= 0.6 is 0 Å². The van der Waals surface area contributed by atoms with E-state index >= 15 is 0 Å². The minimum Gasteiger partial charge on any atom is -0.394 e. The Labute approximate surface area is 97.9 Å². The van der Waals surface area contributed by atoms with E-state index in [1.54, 1.807) is 13.8 Å². The van der Waals surface area contributed by atoms with Crippen LogP contribution in [0.2, 0.25) is 0 Å². The number of hydrogen-bond acceptors (Lipinski definition) is 6. The lowest BCUT2D eigenvalue weighted by Gasteiger charge is -2.24. The maximum atomic E-state index is 10.5. The summed E-state index contributed by atoms with van der Waals surface area (Å²) < 4.78 is 0. The Balaban J connectivity index is 3.11. The van der Waals surface area contributed by atoms with E-state index in [0.717, 1.165) is 12.3 Å². The highest BCUT2D eigenvalue weighted by Gasteiger charge is 2.20. The standard InChI is InChI=1S/C10H12N4O3/c1-10(2,6-15)13-9-7(4-11)3-8(5-12-9)14(16)17/h3,5,15H,6H2,1-2H3,(H,12,13). The molecule has 7 heteroatoms. The third-order valence-electron chi connectivity index (χ3n) is 2.06. The molecular weight excluding hydrogens is 224 g/mol. The second kappa shape index (κ2) is 4.76. The Morgan fingerprint density at radius 2 is 2.35 bits per heavy atom. The molecule has 0 amide bonds. The highest BCUT2D eigenvalue weighted by Crippen LogP contribution is 2.21. The number of nitrogens with one attached hydrogen (secondary N) is 1. The predicted octanol–water partition coefficient (Wildman–Crippen LogP) is 1.04. The molecule has 2 N–H and O–H groups in total. The molecule has 0 unspecified atom stereocenters. The van der Waals surface area contributed by atoms with Gasteiger partial charge in [0.05, 0.1) is 17.1 Å². The maximum absolute atomic E-state index is 10.5. The van der Waals surface area contributed by atoms with Crippen molar-refractivity contribution in [3.05, 3.63) is 27.9 Å². The van der Waals surface area contributed by atoms with E-state index in [9.17, 15) is 10.1 Å². The van der Waals surface area contributed by atoms with Crippen LogP contribution in [0, 0.1) is 21.4 Å². The molecule has 0 bridgehead atoms. The lowest BCUT2D eigenvalue weighted by molar-refractivity contribution is -0.385. The van der Waals surface area contributed by atoms with E-state index in [1.807, 2.05) is 6.07 Å². The van der Waals surface area contributed by atoms with Crippen LogP contribution in [0.5, 0.6) is 0 Å². The van der Waals surface area contributed by atoms with Crippen molar-refractivity contribution in [3.63, 3.8) is 0 Å². The molecule has 0 aliphatic heterocycles. The number of anilines is 1. The van der Waals surface area contributed by atoms with Gasteiger partial charge in [0.1, 0.15) is 23.6 Å². The number of aliphatic hydroxyl groups is 1. The summed E-state index contributed by atoms with van der Waals surface area (Å²) in [5, 5.41) is 31.3. The van der Waals surface area contributed by atoms with Crippen molar-refractivity contribution in [2.45, 2.75) is 19.4 Å². The van der Waals surface area contributed by atoms with E-state index in [0.29, 0.717) is 0 Å². The van der Waals surface area contributed by atoms with Gasteiger partial charge in [0.25, 0.3) is 5.69 Å². The Kier molecular flexibility index (Phi) is 3.60. The first kappa shape index (κ1) is 12.9. The van der Waals surface area contributed by atoms with Gasteiger partial charge in [0, 0.05) is 6.07 Å². The lowest BCUT2D eigenvalue weighted by Crippen LogP contribution is -2.35. The molecule has 7 nitrogen and oxygen atoms in total. The number of aliphatic hydroxyl groups excluding tert-OH is 1. The maximum Gasteiger partial charge on any atom is 0.289 e. The second-order valence-corrected chi connectivity index (χ2v) is 4.13. The molecule has 0 aromatic carbocycles. The fourth-order valence-corrected chi connectivity index (χ4v) is 1.10. The van der Waals surface area contributed by atoms with Gasteiger partial charge in [-0.2, -0.15) is 5.26 Å². The van der Waals surface area contributed by atoms with Crippen LogP contribution in [-0.4, -0.2) is 27.2 Å². The number of rotatable bonds is 4. The average Bonchev–Trinajstić information content (AvgIpc) is 2.29. The smallest absolute Gasteiger partial charge is 0.289 e. The first-order valence-corrected chi connectivity index (χ1v) is 4.83. The van der Waals surface area contributed by atoms with Crippen LogP contribution in [0.4, 0.5) is 11.5 Å². The van der Waals surface area contributed by atoms with E-state index < -0.39 is 10.5 Å². The molecule has 0 aliphatic rings. The number of aromatic nitrogens is 1. The molecule has 0 saturated heterocycles. The van der Waals surface area contributed by atoms with Crippen LogP contribution in [-0.2, 0) is 0 Å². The van der Waals surface area contributed by atoms with Crippen LogP contribution < -0.4 is 5.32 Å². The van der Waals surface area contributed by atoms with Gasteiger partial charge >= 0.3 is 0 Å². The number of nitro groups is 1. The van der Waals surface area contributed by atoms with Gasteiger partial charge in [-0.25, -0.2) is 4.98 Å². The summed E-state index contributed by atoms with van der Waals surface area (Å²) in [6.07, 6.45) is 1.07. The fraction of sp³-hybridized carbons (Fsp3) is 0.400. The van der Waals surface area contributed by atoms with Crippen molar-refractivity contribution in [1.82, 2.24) is 4.98 Å². The highest BCUT2D eigenvalue weighted by molar-refractivity contribution is 5.56. The van der Waals surface area contributed by atoms with Crippen molar-refractivity contribution >= 4 is 11.5 Å². The second-order valence-electron chi connectivity index (χ2n) is 4.13. The minimum absolute atomic E-state index is 0.0701. The van der Waals surface area contributed by atoms with Crippen molar-refractivity contribution in [2.75, 3.05) is 11.9 Å². The molecule has 0 radical (unpaired) electrons. The Hall–Kier alpha value is -2.20. The summed E-state index contributed by atoms with van der Waals surface area (Å²) in [6.45, 7) is 3.28. The van der Waals surface area contributed by atoms with E-state index in [1.165, 1.54) is 0 Å². The minimum atomic E-state index is -0.658. The van der Waals surface area contributed by atoms with Crippen LogP contribution in [0.3, 0.4) is 0 Å². The molecule has 0 fully saturated rings. The summed E-state index contributed by atoms with van der Waals surface area (Å²) in [4.78, 5) is 13.7. The van der Waals surface area contributed by atoms with E-state index in [4.69, 9.17) is 10.4 Å². The number of hydrogen-bond donors (Lipinski definition) is 2. The normalized spacial score (nSPS) is 10.7. The molecule has 1 rings (SSSR count). The van der Waals surface area contributed by atoms with Gasteiger partial charge < -0.3 is 10.4 Å². The third-order valence-corrected chi connectivity index (χ3v) is 2.06. The zero-order valence-corrected chi connectivity index (χ0v) is 9.47. The Morgan fingerprint density at radius 1 is 1.71 bits per heavy atom. The first-order valence-electron chi connectivity index (χ1n) is 4.83. The molecular formula is C10H12N4O3. The molecule has 0 saturated carbocycles.